The molecule has 0 aliphatic heterocycles. The molecule has 0 saturated heterocycles. The number of carbonyl (C=O) groups is 1. The average molecular weight is 455 g/mol. The Morgan fingerprint density at radius 3 is 2.63 bits per heavy atom. The number of fused-ring (bicyclic) bond motifs is 1. The van der Waals surface area contributed by atoms with Crippen molar-refractivity contribution in [2.45, 2.75) is 12.7 Å². The van der Waals surface area contributed by atoms with Crippen LogP contribution in [0.4, 0.5) is 13.2 Å². The minimum atomic E-state index is -4.69. The summed E-state index contributed by atoms with van der Waals surface area (Å²) in [7, 11) is 3.27. The summed E-state index contributed by atoms with van der Waals surface area (Å²) in [6.45, 7) is 0.224. The van der Waals surface area contributed by atoms with E-state index < -0.39 is 17.8 Å². The highest BCUT2D eigenvalue weighted by Gasteiger charge is 2.36. The van der Waals surface area contributed by atoms with E-state index in [1.54, 1.807) is 36.1 Å². The first-order valence-corrected chi connectivity index (χ1v) is 9.79. The van der Waals surface area contributed by atoms with Crippen LogP contribution in [0.25, 0.3) is 16.2 Å². The molecule has 0 unspecified atom stereocenters. The van der Waals surface area contributed by atoms with Gasteiger partial charge in [-0.15, -0.1) is 11.3 Å². The molecule has 156 valence electrons. The van der Waals surface area contributed by atoms with Crippen molar-refractivity contribution in [3.05, 3.63) is 57.9 Å². The summed E-state index contributed by atoms with van der Waals surface area (Å²) < 4.78 is 43.7. The molecule has 0 spiro atoms. The number of hydrogen-bond acceptors (Lipinski definition) is 5. The minimum Gasteiger partial charge on any atom is -0.334 e. The molecule has 0 N–H and O–H groups in total. The zero-order chi connectivity index (χ0) is 21.6. The molecule has 1 amide bonds. The van der Waals surface area contributed by atoms with Crippen molar-refractivity contribution in [1.29, 1.82) is 0 Å². The van der Waals surface area contributed by atoms with Crippen LogP contribution in [-0.4, -0.2) is 42.2 Å². The van der Waals surface area contributed by atoms with E-state index in [-0.39, 0.29) is 23.6 Å². The van der Waals surface area contributed by atoms with Crippen molar-refractivity contribution in [3.8, 4) is 10.6 Å². The van der Waals surface area contributed by atoms with E-state index in [1.807, 2.05) is 0 Å². The number of aryl methyl sites for hydroxylation is 1. The molecule has 30 heavy (non-hydrogen) atoms. The Labute approximate surface area is 177 Å². The molecule has 4 aromatic heterocycles. The minimum absolute atomic E-state index is 0.0818. The van der Waals surface area contributed by atoms with E-state index in [4.69, 9.17) is 11.6 Å². The van der Waals surface area contributed by atoms with Crippen molar-refractivity contribution < 1.29 is 18.0 Å². The van der Waals surface area contributed by atoms with E-state index in [9.17, 15) is 18.0 Å². The van der Waals surface area contributed by atoms with E-state index in [2.05, 4.69) is 15.2 Å². The Hall–Kier alpha value is -2.92. The molecule has 0 fully saturated rings. The number of rotatable bonds is 4. The Morgan fingerprint density at radius 1 is 1.27 bits per heavy atom. The normalized spacial score (nSPS) is 11.9. The van der Waals surface area contributed by atoms with Gasteiger partial charge >= 0.3 is 6.18 Å². The van der Waals surface area contributed by atoms with Crippen molar-refractivity contribution in [2.75, 3.05) is 7.05 Å². The maximum Gasteiger partial charge on any atom is 0.433 e. The maximum atomic E-state index is 13.7. The lowest BCUT2D eigenvalue weighted by Gasteiger charge is -2.15. The topological polar surface area (TPSA) is 68.3 Å². The van der Waals surface area contributed by atoms with Crippen LogP contribution in [-0.2, 0) is 19.8 Å². The molecule has 0 aliphatic rings. The van der Waals surface area contributed by atoms with Crippen LogP contribution in [0.5, 0.6) is 0 Å². The highest BCUT2D eigenvalue weighted by atomic mass is 35.5. The molecule has 0 aliphatic carbocycles. The average Bonchev–Trinajstić information content (AvgIpc) is 3.39. The predicted octanol–water partition coefficient (Wildman–Crippen LogP) is 4.14. The fourth-order valence-electron chi connectivity index (χ4n) is 2.93. The number of amides is 1. The molecule has 7 nitrogen and oxygen atoms in total. The number of halogens is 4. The van der Waals surface area contributed by atoms with Gasteiger partial charge in [-0.1, -0.05) is 11.6 Å². The van der Waals surface area contributed by atoms with Crippen molar-refractivity contribution in [2.24, 2.45) is 7.05 Å². The first-order valence-electron chi connectivity index (χ1n) is 8.59. The van der Waals surface area contributed by atoms with Gasteiger partial charge in [0.15, 0.2) is 17.0 Å². The van der Waals surface area contributed by atoms with E-state index in [0.29, 0.717) is 13.7 Å². The molecule has 4 aromatic rings. The first kappa shape index (κ1) is 20.4. The zero-order valence-electron chi connectivity index (χ0n) is 15.7. The van der Waals surface area contributed by atoms with Crippen LogP contribution in [0.3, 0.4) is 0 Å². The van der Waals surface area contributed by atoms with Gasteiger partial charge in [-0.3, -0.25) is 9.48 Å². The largest absolute Gasteiger partial charge is 0.433 e. The molecular formula is C18H14ClF3N6OS. The quantitative estimate of drug-likeness (QED) is 0.465. The van der Waals surface area contributed by atoms with Crippen molar-refractivity contribution >= 4 is 34.5 Å². The van der Waals surface area contributed by atoms with Gasteiger partial charge in [0.1, 0.15) is 0 Å². The van der Waals surface area contributed by atoms with Crippen LogP contribution in [0.15, 0.2) is 36.5 Å². The third kappa shape index (κ3) is 3.77. The highest BCUT2D eigenvalue weighted by molar-refractivity contribution is 7.19. The molecule has 4 rings (SSSR count). The monoisotopic (exact) mass is 454 g/mol. The molecule has 0 saturated carbocycles. The second-order valence-corrected chi connectivity index (χ2v) is 8.25. The van der Waals surface area contributed by atoms with Crippen LogP contribution >= 0.6 is 22.9 Å². The van der Waals surface area contributed by atoms with Gasteiger partial charge < -0.3 is 4.90 Å². The number of nitrogens with zero attached hydrogens (tertiary/aromatic N) is 6. The number of alkyl halides is 3. The van der Waals surface area contributed by atoms with Gasteiger partial charge in [-0.2, -0.15) is 23.4 Å². The van der Waals surface area contributed by atoms with E-state index in [1.165, 1.54) is 18.0 Å². The molecular weight excluding hydrogens is 441 g/mol. The summed E-state index contributed by atoms with van der Waals surface area (Å²) in [5, 5.41) is 7.92. The van der Waals surface area contributed by atoms with Gasteiger partial charge in [0, 0.05) is 26.4 Å². The van der Waals surface area contributed by atoms with Crippen molar-refractivity contribution in [3.63, 3.8) is 0 Å². The van der Waals surface area contributed by atoms with Gasteiger partial charge in [0.25, 0.3) is 5.91 Å². The fourth-order valence-corrected chi connectivity index (χ4v) is 3.93. The van der Waals surface area contributed by atoms with E-state index in [0.717, 1.165) is 23.1 Å². The Bertz CT molecular complexity index is 1240. The van der Waals surface area contributed by atoms with Gasteiger partial charge in [0.2, 0.25) is 0 Å². The van der Waals surface area contributed by atoms with Crippen LogP contribution in [0.1, 0.15) is 21.9 Å². The second-order valence-electron chi connectivity index (χ2n) is 6.54. The number of hydrogen-bond donors (Lipinski definition) is 0. The second kappa shape index (κ2) is 7.40. The maximum absolute atomic E-state index is 13.7. The molecule has 12 heteroatoms. The Kier molecular flexibility index (Phi) is 5.02. The SMILES string of the molecule is CN(Cc1ccnn1C)C(=O)c1cc2nc(-c3ccc(Cl)s3)cc(C(F)(F)F)n2n1. The van der Waals surface area contributed by atoms with Gasteiger partial charge in [-0.05, 0) is 24.3 Å². The van der Waals surface area contributed by atoms with E-state index >= 15 is 0 Å². The molecule has 0 atom stereocenters. The molecule has 0 bridgehead atoms. The lowest BCUT2D eigenvalue weighted by Crippen LogP contribution is -2.27. The predicted molar refractivity (Wildman–Crippen MR) is 105 cm³/mol. The molecule has 4 heterocycles. The zero-order valence-corrected chi connectivity index (χ0v) is 17.3. The summed E-state index contributed by atoms with van der Waals surface area (Å²) >= 11 is 7.02. The summed E-state index contributed by atoms with van der Waals surface area (Å²) in [5.74, 6) is -0.532. The lowest BCUT2D eigenvalue weighted by atomic mass is 10.2. The summed E-state index contributed by atoms with van der Waals surface area (Å²) in [6.07, 6.45) is -3.10. The Morgan fingerprint density at radius 2 is 2.03 bits per heavy atom. The summed E-state index contributed by atoms with van der Waals surface area (Å²) in [5.41, 5.74) is -0.379. The van der Waals surface area contributed by atoms with Crippen LogP contribution in [0.2, 0.25) is 4.34 Å². The van der Waals surface area contributed by atoms with Gasteiger partial charge in [-0.25, -0.2) is 9.50 Å². The molecule has 0 radical (unpaired) electrons. The number of aromatic nitrogens is 5. The number of carbonyl (C=O) groups excluding carboxylic acids is 1. The number of thiophene rings is 1. The molecule has 0 aromatic carbocycles. The smallest absolute Gasteiger partial charge is 0.334 e. The highest BCUT2D eigenvalue weighted by Crippen LogP contribution is 2.35. The third-order valence-corrected chi connectivity index (χ3v) is 5.68. The summed E-state index contributed by atoms with van der Waals surface area (Å²) in [6, 6.07) is 7.07. The third-order valence-electron chi connectivity index (χ3n) is 4.43. The fraction of sp³-hybridized carbons (Fsp3) is 0.222. The Balaban J connectivity index is 1.75. The standard InChI is InChI=1S/C18H14ClF3N6OS/c1-26(9-10-5-6-23-27(10)2)17(29)12-8-16-24-11(13-3-4-15(19)30-13)7-14(18(20,21)22)28(16)25-12/h3-8H,9H2,1-2H3. The van der Waals surface area contributed by atoms with Crippen molar-refractivity contribution in [1.82, 2.24) is 29.3 Å². The van der Waals surface area contributed by atoms with Gasteiger partial charge in [0.05, 0.1) is 27.1 Å². The van der Waals surface area contributed by atoms with Crippen LogP contribution < -0.4 is 0 Å². The lowest BCUT2D eigenvalue weighted by molar-refractivity contribution is -0.142. The summed E-state index contributed by atoms with van der Waals surface area (Å²) in [4.78, 5) is 18.9. The van der Waals surface area contributed by atoms with Crippen LogP contribution in [0, 0.1) is 0 Å². The first-order chi connectivity index (χ1) is 14.1.